The van der Waals surface area contributed by atoms with E-state index in [1.807, 2.05) is 54.6 Å². The molecule has 0 aliphatic rings. The fraction of sp³-hybridized carbons (Fsp3) is 0.269. The number of nitrogens with zero attached hydrogens (tertiary/aromatic N) is 2. The lowest BCUT2D eigenvalue weighted by molar-refractivity contribution is -0.669. The minimum absolute atomic E-state index is 0.143. The Hall–Kier alpha value is -3.39. The zero-order valence-corrected chi connectivity index (χ0v) is 20.1. The average Bonchev–Trinajstić information content (AvgIpc) is 3.20. The van der Waals surface area contributed by atoms with Gasteiger partial charge < -0.3 is 14.1 Å². The highest BCUT2D eigenvalue weighted by atomic mass is 32.1. The van der Waals surface area contributed by atoms with E-state index in [4.69, 9.17) is 17.0 Å². The summed E-state index contributed by atoms with van der Waals surface area (Å²) in [6.45, 7) is 6.66. The Balaban J connectivity index is 1.65. The number of para-hydroxylation sites is 1. The molecule has 6 nitrogen and oxygen atoms in total. The van der Waals surface area contributed by atoms with Gasteiger partial charge in [-0.15, -0.1) is 0 Å². The first kappa shape index (κ1) is 23.8. The van der Waals surface area contributed by atoms with Crippen LogP contribution in [0.2, 0.25) is 6.32 Å². The van der Waals surface area contributed by atoms with Gasteiger partial charge in [0.05, 0.1) is 13.4 Å². The van der Waals surface area contributed by atoms with Crippen molar-refractivity contribution in [2.24, 2.45) is 0 Å². The summed E-state index contributed by atoms with van der Waals surface area (Å²) < 4.78 is 14.0. The molecule has 0 aliphatic carbocycles. The minimum Gasteiger partial charge on any atom is -0.459 e. The first-order valence-corrected chi connectivity index (χ1v) is 12.1. The van der Waals surface area contributed by atoms with Gasteiger partial charge >= 0.3 is 5.63 Å². The molecule has 4 aromatic rings. The molecular formula is C26H26BN2O4S+. The largest absolute Gasteiger partial charge is 0.459 e. The second-order valence-electron chi connectivity index (χ2n) is 7.70. The third kappa shape index (κ3) is 5.07. The Kier molecular flexibility index (Phi) is 7.48. The van der Waals surface area contributed by atoms with Crippen molar-refractivity contribution in [3.8, 4) is 0 Å². The standard InChI is InChI=1S/C26H26BN2O4S/c1-3-28(4-2)20-11-9-18-15-19(26(31)33-22(18)16-20)10-12-24-29(13-14-32-25(30)17-27)21-7-5-6-8-23(21)34-24/h5-12,15-16H,3-4,13-14,17H2,1-2H3/q+1. The molecule has 0 spiro atoms. The molecule has 4 rings (SSSR count). The molecule has 0 aliphatic heterocycles. The van der Waals surface area contributed by atoms with Gasteiger partial charge in [-0.3, -0.25) is 4.79 Å². The van der Waals surface area contributed by atoms with Crippen molar-refractivity contribution in [1.29, 1.82) is 0 Å². The maximum absolute atomic E-state index is 12.7. The van der Waals surface area contributed by atoms with Gasteiger partial charge in [-0.25, -0.2) is 4.79 Å². The number of anilines is 1. The Morgan fingerprint density at radius 3 is 2.71 bits per heavy atom. The molecule has 0 fully saturated rings. The predicted molar refractivity (Wildman–Crippen MR) is 139 cm³/mol. The second kappa shape index (κ2) is 10.7. The number of hydrogen-bond donors (Lipinski definition) is 0. The smallest absolute Gasteiger partial charge is 0.343 e. The Morgan fingerprint density at radius 1 is 1.15 bits per heavy atom. The molecule has 34 heavy (non-hydrogen) atoms. The highest BCUT2D eigenvalue weighted by molar-refractivity contribution is 7.18. The molecule has 0 amide bonds. The third-order valence-electron chi connectivity index (χ3n) is 5.66. The fourth-order valence-electron chi connectivity index (χ4n) is 3.90. The number of esters is 1. The summed E-state index contributed by atoms with van der Waals surface area (Å²) in [6.07, 6.45) is 3.53. The first-order valence-electron chi connectivity index (χ1n) is 11.3. The normalized spacial score (nSPS) is 11.5. The van der Waals surface area contributed by atoms with Crippen LogP contribution in [0.1, 0.15) is 24.4 Å². The number of fused-ring (bicyclic) bond motifs is 2. The maximum Gasteiger partial charge on any atom is 0.343 e. The van der Waals surface area contributed by atoms with Crippen LogP contribution < -0.4 is 15.1 Å². The number of hydrogen-bond acceptors (Lipinski definition) is 6. The summed E-state index contributed by atoms with van der Waals surface area (Å²) in [4.78, 5) is 26.3. The number of carbonyl (C=O) groups is 1. The number of ether oxygens (including phenoxy) is 1. The molecular weight excluding hydrogens is 447 g/mol. The van der Waals surface area contributed by atoms with E-state index in [9.17, 15) is 9.59 Å². The lowest BCUT2D eigenvalue weighted by Crippen LogP contribution is -2.37. The number of thiazole rings is 1. The van der Waals surface area contributed by atoms with E-state index in [1.54, 1.807) is 17.4 Å². The molecule has 2 radical (unpaired) electrons. The van der Waals surface area contributed by atoms with Crippen LogP contribution in [-0.4, -0.2) is 33.5 Å². The van der Waals surface area contributed by atoms with Gasteiger partial charge in [-0.1, -0.05) is 23.5 Å². The molecule has 0 saturated carbocycles. The predicted octanol–water partition coefficient (Wildman–Crippen LogP) is 4.44. The van der Waals surface area contributed by atoms with E-state index >= 15 is 0 Å². The summed E-state index contributed by atoms with van der Waals surface area (Å²) in [5.74, 6) is -0.435. The quantitative estimate of drug-likeness (QED) is 0.156. The van der Waals surface area contributed by atoms with Crippen LogP contribution in [0, 0.1) is 0 Å². The first-order chi connectivity index (χ1) is 16.5. The Labute approximate surface area is 203 Å². The summed E-state index contributed by atoms with van der Waals surface area (Å²) in [6, 6.07) is 15.8. The van der Waals surface area contributed by atoms with E-state index in [0.717, 1.165) is 39.4 Å². The van der Waals surface area contributed by atoms with Gasteiger partial charge in [-0.2, -0.15) is 4.57 Å². The van der Waals surface area contributed by atoms with Crippen LogP contribution in [0.25, 0.3) is 33.3 Å². The fourth-order valence-corrected chi connectivity index (χ4v) is 4.99. The SMILES string of the molecule is [B]CC(=O)OCC[n+]1c(/C=C/c2cc3ccc(N(CC)CC)cc3oc2=O)sc2ccccc21. The molecule has 0 saturated heterocycles. The Morgan fingerprint density at radius 2 is 1.94 bits per heavy atom. The van der Waals surface area contributed by atoms with Crippen LogP contribution in [-0.2, 0) is 16.1 Å². The van der Waals surface area contributed by atoms with E-state index in [0.29, 0.717) is 17.7 Å². The number of rotatable bonds is 9. The van der Waals surface area contributed by atoms with Gasteiger partial charge in [0.2, 0.25) is 5.52 Å². The zero-order chi connectivity index (χ0) is 24.1. The summed E-state index contributed by atoms with van der Waals surface area (Å²) in [7, 11) is 5.32. The van der Waals surface area contributed by atoms with Crippen LogP contribution in [0.4, 0.5) is 5.69 Å². The lowest BCUT2D eigenvalue weighted by atomic mass is 10.1. The van der Waals surface area contributed by atoms with E-state index < -0.39 is 5.97 Å². The van der Waals surface area contributed by atoms with Crippen molar-refractivity contribution in [2.45, 2.75) is 26.7 Å². The van der Waals surface area contributed by atoms with Crippen molar-refractivity contribution in [3.63, 3.8) is 0 Å². The zero-order valence-electron chi connectivity index (χ0n) is 19.3. The lowest BCUT2D eigenvalue weighted by Gasteiger charge is -2.20. The van der Waals surface area contributed by atoms with Gasteiger partial charge in [-0.05, 0) is 44.2 Å². The van der Waals surface area contributed by atoms with Gasteiger partial charge in [0.15, 0.2) is 13.2 Å². The number of benzene rings is 2. The van der Waals surface area contributed by atoms with E-state index in [1.165, 1.54) is 0 Å². The maximum atomic E-state index is 12.7. The summed E-state index contributed by atoms with van der Waals surface area (Å²) in [5, 5.41) is 1.80. The van der Waals surface area contributed by atoms with Crippen LogP contribution >= 0.6 is 11.3 Å². The highest BCUT2D eigenvalue weighted by Crippen LogP contribution is 2.24. The monoisotopic (exact) mass is 473 g/mol. The molecule has 2 aromatic heterocycles. The van der Waals surface area contributed by atoms with Crippen LogP contribution in [0.5, 0.6) is 0 Å². The Bertz CT molecular complexity index is 1410. The molecule has 8 heteroatoms. The molecule has 2 aromatic carbocycles. The highest BCUT2D eigenvalue weighted by Gasteiger charge is 2.19. The van der Waals surface area contributed by atoms with Gasteiger partial charge in [0, 0.05) is 48.7 Å². The molecule has 0 atom stereocenters. The molecule has 2 heterocycles. The van der Waals surface area contributed by atoms with Crippen LogP contribution in [0.3, 0.4) is 0 Å². The molecule has 0 bridgehead atoms. The van der Waals surface area contributed by atoms with Crippen molar-refractivity contribution < 1.29 is 18.5 Å². The minimum atomic E-state index is -0.435. The van der Waals surface area contributed by atoms with E-state index in [-0.39, 0.29) is 18.6 Å². The summed E-state index contributed by atoms with van der Waals surface area (Å²) in [5.41, 5.74) is 2.73. The van der Waals surface area contributed by atoms with Crippen LogP contribution in [0.15, 0.2) is 57.7 Å². The molecule has 0 unspecified atom stereocenters. The van der Waals surface area contributed by atoms with Crippen molar-refractivity contribution in [2.75, 3.05) is 24.6 Å². The van der Waals surface area contributed by atoms with Crippen molar-refractivity contribution in [3.05, 3.63) is 69.5 Å². The summed E-state index contributed by atoms with van der Waals surface area (Å²) >= 11 is 1.60. The number of carbonyl (C=O) groups excluding carboxylic acids is 1. The van der Waals surface area contributed by atoms with E-state index in [2.05, 4.69) is 23.3 Å². The third-order valence-corrected chi connectivity index (χ3v) is 6.79. The van der Waals surface area contributed by atoms with Crippen molar-refractivity contribution in [1.82, 2.24) is 0 Å². The van der Waals surface area contributed by atoms with Crippen molar-refractivity contribution >= 4 is 64.2 Å². The average molecular weight is 473 g/mol. The topological polar surface area (TPSA) is 63.6 Å². The molecule has 172 valence electrons. The molecule has 0 N–H and O–H groups in total. The number of aromatic nitrogens is 1. The second-order valence-corrected chi connectivity index (χ2v) is 8.76. The van der Waals surface area contributed by atoms with Gasteiger partial charge in [0.25, 0.3) is 11.0 Å². The van der Waals surface area contributed by atoms with Gasteiger partial charge in [0.1, 0.15) is 10.3 Å².